The van der Waals surface area contributed by atoms with Crippen LogP contribution < -0.4 is 9.64 Å². The first-order chi connectivity index (χ1) is 13.2. The lowest BCUT2D eigenvalue weighted by atomic mass is 9.99. The monoisotopic (exact) mass is 362 g/mol. The minimum Gasteiger partial charge on any atom is -0.491 e. The predicted molar refractivity (Wildman–Crippen MR) is 105 cm³/mol. The minimum atomic E-state index is -0.0779. The van der Waals surface area contributed by atoms with Crippen molar-refractivity contribution >= 4 is 23.1 Å². The van der Waals surface area contributed by atoms with E-state index in [4.69, 9.17) is 4.74 Å². The van der Waals surface area contributed by atoms with Crippen LogP contribution in [-0.4, -0.2) is 43.0 Å². The third kappa shape index (κ3) is 3.72. The van der Waals surface area contributed by atoms with E-state index in [2.05, 4.69) is 18.2 Å². The van der Waals surface area contributed by atoms with E-state index in [1.807, 2.05) is 47.4 Å². The molecule has 2 aromatic rings. The van der Waals surface area contributed by atoms with Crippen LogP contribution in [0, 0.1) is 0 Å². The van der Waals surface area contributed by atoms with Gasteiger partial charge in [-0.05, 0) is 29.7 Å². The van der Waals surface area contributed by atoms with E-state index in [1.165, 1.54) is 11.1 Å². The van der Waals surface area contributed by atoms with Crippen molar-refractivity contribution in [3.8, 4) is 5.75 Å². The number of para-hydroxylation sites is 2. The second kappa shape index (κ2) is 7.66. The van der Waals surface area contributed by atoms with Crippen molar-refractivity contribution < 1.29 is 14.3 Å². The summed E-state index contributed by atoms with van der Waals surface area (Å²) in [6.45, 7) is 1.63. The first-order valence-corrected chi connectivity index (χ1v) is 9.27. The Hall–Kier alpha value is -3.08. The quantitative estimate of drug-likeness (QED) is 0.843. The van der Waals surface area contributed by atoms with Crippen molar-refractivity contribution in [2.24, 2.45) is 0 Å². The van der Waals surface area contributed by atoms with Gasteiger partial charge in [-0.15, -0.1) is 0 Å². The molecular formula is C22H22N2O3. The van der Waals surface area contributed by atoms with Crippen LogP contribution in [0.3, 0.4) is 0 Å². The first kappa shape index (κ1) is 17.3. The lowest BCUT2D eigenvalue weighted by Gasteiger charge is -2.29. The molecule has 2 aromatic carbocycles. The molecule has 0 aromatic heterocycles. The Bertz CT molecular complexity index is 876. The molecule has 5 heteroatoms. The number of benzene rings is 2. The average molecular weight is 362 g/mol. The summed E-state index contributed by atoms with van der Waals surface area (Å²) in [6.07, 6.45) is 3.21. The smallest absolute Gasteiger partial charge is 0.242 e. The van der Waals surface area contributed by atoms with E-state index in [9.17, 15) is 9.59 Å². The van der Waals surface area contributed by atoms with Crippen molar-refractivity contribution in [2.45, 2.75) is 12.8 Å². The molecule has 0 atom stereocenters. The maximum Gasteiger partial charge on any atom is 0.242 e. The third-order valence-electron chi connectivity index (χ3n) is 5.03. The fourth-order valence-corrected chi connectivity index (χ4v) is 3.54. The zero-order valence-electron chi connectivity index (χ0n) is 15.1. The molecule has 5 nitrogen and oxygen atoms in total. The SMILES string of the molecule is O=C(CN1C(=O)CCOc2ccccc21)N1CC=C(c2ccccc2)CC1. The van der Waals surface area contributed by atoms with Gasteiger partial charge in [-0.3, -0.25) is 14.5 Å². The molecule has 0 spiro atoms. The van der Waals surface area contributed by atoms with E-state index < -0.39 is 0 Å². The number of anilines is 1. The summed E-state index contributed by atoms with van der Waals surface area (Å²) in [5.41, 5.74) is 3.15. The number of nitrogens with zero attached hydrogens (tertiary/aromatic N) is 2. The number of carbonyl (C=O) groups excluding carboxylic acids is 2. The van der Waals surface area contributed by atoms with E-state index in [0.717, 1.165) is 6.42 Å². The van der Waals surface area contributed by atoms with Crippen LogP contribution in [0.2, 0.25) is 0 Å². The van der Waals surface area contributed by atoms with Gasteiger partial charge in [0.05, 0.1) is 18.7 Å². The van der Waals surface area contributed by atoms with Crippen LogP contribution in [0.1, 0.15) is 18.4 Å². The minimum absolute atomic E-state index is 0.0385. The zero-order chi connectivity index (χ0) is 18.6. The van der Waals surface area contributed by atoms with Crippen LogP contribution in [0.5, 0.6) is 5.75 Å². The van der Waals surface area contributed by atoms with E-state index >= 15 is 0 Å². The lowest BCUT2D eigenvalue weighted by molar-refractivity contribution is -0.131. The van der Waals surface area contributed by atoms with Crippen LogP contribution in [0.25, 0.3) is 5.57 Å². The summed E-state index contributed by atoms with van der Waals surface area (Å²) in [6, 6.07) is 17.6. The van der Waals surface area contributed by atoms with Crippen molar-refractivity contribution in [1.29, 1.82) is 0 Å². The number of fused-ring (bicyclic) bond motifs is 1. The summed E-state index contributed by atoms with van der Waals surface area (Å²) in [4.78, 5) is 28.7. The van der Waals surface area contributed by atoms with Crippen molar-refractivity contribution in [2.75, 3.05) is 31.1 Å². The highest BCUT2D eigenvalue weighted by Crippen LogP contribution is 2.31. The highest BCUT2D eigenvalue weighted by atomic mass is 16.5. The Morgan fingerprint density at radius 3 is 2.56 bits per heavy atom. The largest absolute Gasteiger partial charge is 0.491 e. The van der Waals surface area contributed by atoms with Crippen molar-refractivity contribution in [3.05, 3.63) is 66.2 Å². The van der Waals surface area contributed by atoms with Crippen LogP contribution in [-0.2, 0) is 9.59 Å². The van der Waals surface area contributed by atoms with Gasteiger partial charge in [-0.1, -0.05) is 48.5 Å². The molecule has 0 N–H and O–H groups in total. The van der Waals surface area contributed by atoms with Crippen molar-refractivity contribution in [1.82, 2.24) is 4.90 Å². The molecule has 4 rings (SSSR count). The van der Waals surface area contributed by atoms with Crippen LogP contribution >= 0.6 is 0 Å². The zero-order valence-corrected chi connectivity index (χ0v) is 15.1. The number of rotatable bonds is 3. The molecule has 0 fully saturated rings. The van der Waals surface area contributed by atoms with E-state index in [0.29, 0.717) is 31.1 Å². The predicted octanol–water partition coefficient (Wildman–Crippen LogP) is 3.12. The Morgan fingerprint density at radius 1 is 1.00 bits per heavy atom. The van der Waals surface area contributed by atoms with Gasteiger partial charge in [0.2, 0.25) is 11.8 Å². The Balaban J connectivity index is 1.47. The number of amides is 2. The molecule has 0 radical (unpaired) electrons. The fraction of sp³-hybridized carbons (Fsp3) is 0.273. The highest BCUT2D eigenvalue weighted by Gasteiger charge is 2.27. The van der Waals surface area contributed by atoms with Gasteiger partial charge in [-0.25, -0.2) is 0 Å². The molecule has 0 unspecified atom stereocenters. The Morgan fingerprint density at radius 2 is 1.78 bits per heavy atom. The topological polar surface area (TPSA) is 49.9 Å². The molecule has 0 saturated heterocycles. The second-order valence-corrected chi connectivity index (χ2v) is 6.73. The van der Waals surface area contributed by atoms with Gasteiger partial charge < -0.3 is 9.64 Å². The number of hydrogen-bond donors (Lipinski definition) is 0. The second-order valence-electron chi connectivity index (χ2n) is 6.73. The van der Waals surface area contributed by atoms with E-state index in [-0.39, 0.29) is 24.8 Å². The number of carbonyl (C=O) groups is 2. The van der Waals surface area contributed by atoms with Crippen LogP contribution in [0.4, 0.5) is 5.69 Å². The summed E-state index contributed by atoms with van der Waals surface area (Å²) in [5.74, 6) is 0.537. The molecular weight excluding hydrogens is 340 g/mol. The fourth-order valence-electron chi connectivity index (χ4n) is 3.54. The molecule has 27 heavy (non-hydrogen) atoms. The molecule has 0 saturated carbocycles. The normalized spacial score (nSPS) is 16.9. The molecule has 138 valence electrons. The van der Waals surface area contributed by atoms with Gasteiger partial charge in [0.25, 0.3) is 0 Å². The Kier molecular flexibility index (Phi) is 4.92. The molecule has 0 bridgehead atoms. The van der Waals surface area contributed by atoms with Gasteiger partial charge in [0.1, 0.15) is 12.3 Å². The van der Waals surface area contributed by atoms with Gasteiger partial charge in [0, 0.05) is 13.1 Å². The average Bonchev–Trinajstić information content (AvgIpc) is 2.88. The lowest BCUT2D eigenvalue weighted by Crippen LogP contribution is -2.44. The van der Waals surface area contributed by atoms with Gasteiger partial charge >= 0.3 is 0 Å². The summed E-state index contributed by atoms with van der Waals surface area (Å²) in [5, 5.41) is 0. The molecule has 2 aliphatic rings. The van der Waals surface area contributed by atoms with Crippen molar-refractivity contribution in [3.63, 3.8) is 0 Å². The molecule has 0 aliphatic carbocycles. The number of hydrogen-bond acceptors (Lipinski definition) is 3. The van der Waals surface area contributed by atoms with E-state index in [1.54, 1.807) is 4.90 Å². The van der Waals surface area contributed by atoms with Crippen LogP contribution in [0.15, 0.2) is 60.7 Å². The third-order valence-corrected chi connectivity index (χ3v) is 5.03. The molecule has 2 aliphatic heterocycles. The Labute approximate surface area is 158 Å². The standard InChI is InChI=1S/C22H22N2O3/c25-21-12-15-27-20-9-5-4-8-19(20)24(21)16-22(26)23-13-10-18(11-14-23)17-6-2-1-3-7-17/h1-10H,11-16H2. The van der Waals surface area contributed by atoms with Gasteiger partial charge in [-0.2, -0.15) is 0 Å². The number of ether oxygens (including phenoxy) is 1. The summed E-state index contributed by atoms with van der Waals surface area (Å²) < 4.78 is 5.64. The van der Waals surface area contributed by atoms with Gasteiger partial charge in [0.15, 0.2) is 0 Å². The molecule has 2 amide bonds. The summed E-state index contributed by atoms with van der Waals surface area (Å²) in [7, 11) is 0. The maximum absolute atomic E-state index is 12.8. The molecule has 2 heterocycles. The first-order valence-electron chi connectivity index (χ1n) is 9.27. The maximum atomic E-state index is 12.8. The highest BCUT2D eigenvalue weighted by molar-refractivity contribution is 6.00. The summed E-state index contributed by atoms with van der Waals surface area (Å²) >= 11 is 0.